The first kappa shape index (κ1) is 18.8. The molecule has 1 unspecified atom stereocenters. The van der Waals surface area contributed by atoms with E-state index in [9.17, 15) is 19.7 Å². The molecule has 0 saturated carbocycles. The summed E-state index contributed by atoms with van der Waals surface area (Å²) in [6, 6.07) is 11.4. The molecule has 3 rings (SSSR count). The Bertz CT molecular complexity index is 916. The van der Waals surface area contributed by atoms with E-state index in [1.807, 2.05) is 31.2 Å². The van der Waals surface area contributed by atoms with Crippen LogP contribution in [0.2, 0.25) is 5.02 Å². The van der Waals surface area contributed by atoms with Crippen LogP contribution in [-0.2, 0) is 16.0 Å². The van der Waals surface area contributed by atoms with E-state index >= 15 is 0 Å². The number of amides is 2. The molecular weight excluding hydrogens is 370 g/mol. The second kappa shape index (κ2) is 7.75. The molecule has 2 aromatic carbocycles. The van der Waals surface area contributed by atoms with Crippen molar-refractivity contribution < 1.29 is 14.5 Å². The Balaban J connectivity index is 1.77. The van der Waals surface area contributed by atoms with E-state index in [2.05, 4.69) is 5.32 Å². The molecule has 8 heteroatoms. The molecule has 0 aromatic heterocycles. The van der Waals surface area contributed by atoms with Crippen molar-refractivity contribution in [3.05, 3.63) is 63.2 Å². The summed E-state index contributed by atoms with van der Waals surface area (Å²) in [7, 11) is 0. The van der Waals surface area contributed by atoms with E-state index in [-0.39, 0.29) is 41.2 Å². The first-order chi connectivity index (χ1) is 12.9. The minimum atomic E-state index is -0.561. The average molecular weight is 388 g/mol. The summed E-state index contributed by atoms with van der Waals surface area (Å²) >= 11 is 6.03. The van der Waals surface area contributed by atoms with E-state index < -0.39 is 10.8 Å². The maximum absolute atomic E-state index is 12.6. The fourth-order valence-electron chi connectivity index (χ4n) is 3.15. The van der Waals surface area contributed by atoms with Crippen molar-refractivity contribution >= 4 is 40.5 Å². The van der Waals surface area contributed by atoms with Gasteiger partial charge < -0.3 is 10.2 Å². The Morgan fingerprint density at radius 1 is 1.33 bits per heavy atom. The number of para-hydroxylation sites is 1. The van der Waals surface area contributed by atoms with Crippen LogP contribution in [0.15, 0.2) is 42.5 Å². The predicted molar refractivity (Wildman–Crippen MR) is 103 cm³/mol. The number of rotatable bonds is 5. The van der Waals surface area contributed by atoms with Gasteiger partial charge in [-0.25, -0.2) is 0 Å². The van der Waals surface area contributed by atoms with Gasteiger partial charge in [0.15, 0.2) is 0 Å². The zero-order valence-electron chi connectivity index (χ0n) is 14.6. The number of nitrogens with one attached hydrogen (secondary N) is 1. The largest absolute Gasteiger partial charge is 0.324 e. The molecule has 1 atom stereocenters. The molecule has 7 nitrogen and oxygen atoms in total. The third-order valence-electron chi connectivity index (χ3n) is 4.58. The average Bonchev–Trinajstić information content (AvgIpc) is 3.05. The molecule has 2 aromatic rings. The quantitative estimate of drug-likeness (QED) is 0.623. The number of nitrogens with zero attached hydrogens (tertiary/aromatic N) is 2. The van der Waals surface area contributed by atoms with E-state index in [1.54, 1.807) is 4.90 Å². The molecular formula is C19H18ClN3O4. The van der Waals surface area contributed by atoms with Crippen molar-refractivity contribution in [2.24, 2.45) is 5.92 Å². The van der Waals surface area contributed by atoms with Gasteiger partial charge in [-0.2, -0.15) is 0 Å². The van der Waals surface area contributed by atoms with Gasteiger partial charge in [-0.1, -0.05) is 36.7 Å². The van der Waals surface area contributed by atoms with Crippen molar-refractivity contribution in [2.75, 3.05) is 16.8 Å². The number of nitro groups is 1. The standard InChI is InChI=1S/C19H18ClN3O4/c1-2-12-5-3-4-6-17(12)22-11-13(9-18(22)24)19(25)21-16-10-14(23(26)27)7-8-15(16)20/h3-8,10,13H,2,9,11H2,1H3,(H,21,25). The highest BCUT2D eigenvalue weighted by Gasteiger charge is 2.36. The van der Waals surface area contributed by atoms with Gasteiger partial charge in [0.05, 0.1) is 21.6 Å². The van der Waals surface area contributed by atoms with Gasteiger partial charge in [0, 0.05) is 30.8 Å². The lowest BCUT2D eigenvalue weighted by Gasteiger charge is -2.20. The Morgan fingerprint density at radius 2 is 2.07 bits per heavy atom. The lowest BCUT2D eigenvalue weighted by Crippen LogP contribution is -2.28. The monoisotopic (exact) mass is 387 g/mol. The van der Waals surface area contributed by atoms with Crippen LogP contribution in [0.4, 0.5) is 17.1 Å². The van der Waals surface area contributed by atoms with Gasteiger partial charge in [-0.3, -0.25) is 19.7 Å². The third kappa shape index (κ3) is 3.93. The molecule has 0 spiro atoms. The van der Waals surface area contributed by atoms with Crippen LogP contribution in [0.1, 0.15) is 18.9 Å². The molecule has 1 N–H and O–H groups in total. The first-order valence-electron chi connectivity index (χ1n) is 8.53. The number of hydrogen-bond donors (Lipinski definition) is 1. The highest BCUT2D eigenvalue weighted by molar-refractivity contribution is 6.33. The number of non-ortho nitro benzene ring substituents is 1. The fraction of sp³-hybridized carbons (Fsp3) is 0.263. The second-order valence-corrected chi connectivity index (χ2v) is 6.71. The number of aryl methyl sites for hydroxylation is 1. The number of benzene rings is 2. The third-order valence-corrected chi connectivity index (χ3v) is 4.91. The molecule has 1 heterocycles. The van der Waals surface area contributed by atoms with Crippen molar-refractivity contribution in [3.8, 4) is 0 Å². The zero-order valence-corrected chi connectivity index (χ0v) is 15.4. The molecule has 27 heavy (non-hydrogen) atoms. The summed E-state index contributed by atoms with van der Waals surface area (Å²) in [4.78, 5) is 37.0. The van der Waals surface area contributed by atoms with Crippen molar-refractivity contribution in [1.82, 2.24) is 0 Å². The minimum absolute atomic E-state index is 0.0798. The molecule has 2 amide bonds. The number of carbonyl (C=O) groups is 2. The summed E-state index contributed by atoms with van der Waals surface area (Å²) in [6.07, 6.45) is 0.858. The van der Waals surface area contributed by atoms with E-state index in [0.717, 1.165) is 17.7 Å². The van der Waals surface area contributed by atoms with Crippen molar-refractivity contribution in [1.29, 1.82) is 0 Å². The molecule has 140 valence electrons. The molecule has 1 aliphatic heterocycles. The second-order valence-electron chi connectivity index (χ2n) is 6.30. The summed E-state index contributed by atoms with van der Waals surface area (Å²) in [6.45, 7) is 2.27. The van der Waals surface area contributed by atoms with Crippen molar-refractivity contribution in [2.45, 2.75) is 19.8 Å². The number of hydrogen-bond acceptors (Lipinski definition) is 4. The first-order valence-corrected chi connectivity index (χ1v) is 8.91. The highest BCUT2D eigenvalue weighted by Crippen LogP contribution is 2.31. The SMILES string of the molecule is CCc1ccccc1N1CC(C(=O)Nc2cc([N+](=O)[O-])ccc2Cl)CC1=O. The van der Waals surface area contributed by atoms with Crippen LogP contribution in [0, 0.1) is 16.0 Å². The van der Waals surface area contributed by atoms with Gasteiger partial charge in [-0.15, -0.1) is 0 Å². The lowest BCUT2D eigenvalue weighted by atomic mass is 10.1. The molecule has 1 fully saturated rings. The Labute approximate surface area is 161 Å². The molecule has 0 radical (unpaired) electrons. The summed E-state index contributed by atoms with van der Waals surface area (Å²) in [5, 5.41) is 13.7. The minimum Gasteiger partial charge on any atom is -0.324 e. The Hall–Kier alpha value is -2.93. The van der Waals surface area contributed by atoms with Crippen molar-refractivity contribution in [3.63, 3.8) is 0 Å². The van der Waals surface area contributed by atoms with Crippen LogP contribution in [0.5, 0.6) is 0 Å². The van der Waals surface area contributed by atoms with E-state index in [0.29, 0.717) is 0 Å². The summed E-state index contributed by atoms with van der Waals surface area (Å²) < 4.78 is 0. The van der Waals surface area contributed by atoms with Gasteiger partial charge in [0.25, 0.3) is 5.69 Å². The summed E-state index contributed by atoms with van der Waals surface area (Å²) in [5.41, 5.74) is 1.84. The van der Waals surface area contributed by atoms with Gasteiger partial charge in [-0.05, 0) is 24.1 Å². The van der Waals surface area contributed by atoms with Crippen LogP contribution < -0.4 is 10.2 Å². The van der Waals surface area contributed by atoms with Crippen LogP contribution in [0.3, 0.4) is 0 Å². The van der Waals surface area contributed by atoms with E-state index in [4.69, 9.17) is 11.6 Å². The number of halogens is 1. The molecule has 0 bridgehead atoms. The van der Waals surface area contributed by atoms with Crippen LogP contribution in [0.25, 0.3) is 0 Å². The number of anilines is 2. The zero-order chi connectivity index (χ0) is 19.6. The molecule has 1 saturated heterocycles. The summed E-state index contributed by atoms with van der Waals surface area (Å²) in [5.74, 6) is -1.07. The Kier molecular flexibility index (Phi) is 5.41. The fourth-order valence-corrected chi connectivity index (χ4v) is 3.31. The topological polar surface area (TPSA) is 92.6 Å². The smallest absolute Gasteiger partial charge is 0.271 e. The maximum Gasteiger partial charge on any atom is 0.271 e. The van der Waals surface area contributed by atoms with Crippen LogP contribution in [-0.4, -0.2) is 23.3 Å². The molecule has 1 aliphatic rings. The number of carbonyl (C=O) groups excluding carboxylic acids is 2. The van der Waals surface area contributed by atoms with Gasteiger partial charge >= 0.3 is 0 Å². The molecule has 0 aliphatic carbocycles. The highest BCUT2D eigenvalue weighted by atomic mass is 35.5. The van der Waals surface area contributed by atoms with Gasteiger partial charge in [0.1, 0.15) is 0 Å². The normalized spacial score (nSPS) is 16.4. The van der Waals surface area contributed by atoms with Gasteiger partial charge in [0.2, 0.25) is 11.8 Å². The number of nitro benzene ring substituents is 1. The lowest BCUT2D eigenvalue weighted by molar-refractivity contribution is -0.384. The maximum atomic E-state index is 12.6. The van der Waals surface area contributed by atoms with Crippen LogP contribution >= 0.6 is 11.6 Å². The van der Waals surface area contributed by atoms with E-state index in [1.165, 1.54) is 18.2 Å². The predicted octanol–water partition coefficient (Wildman–Crippen LogP) is 3.80. The Morgan fingerprint density at radius 3 is 2.78 bits per heavy atom.